The molecule has 2 rings (SSSR count). The van der Waals surface area contributed by atoms with Crippen LogP contribution in [0.15, 0.2) is 24.4 Å². The van der Waals surface area contributed by atoms with Crippen molar-refractivity contribution in [3.63, 3.8) is 0 Å². The van der Waals surface area contributed by atoms with Gasteiger partial charge in [-0.2, -0.15) is 0 Å². The van der Waals surface area contributed by atoms with Crippen molar-refractivity contribution < 1.29 is 5.11 Å². The number of hydrogen-bond donors (Lipinski definition) is 3. The third-order valence-corrected chi connectivity index (χ3v) is 2.33. The van der Waals surface area contributed by atoms with Crippen molar-refractivity contribution in [2.75, 3.05) is 0 Å². The highest BCUT2D eigenvalue weighted by Gasteiger charge is 2.08. The van der Waals surface area contributed by atoms with Crippen molar-refractivity contribution >= 4 is 10.9 Å². The molecular formula is C11H14N2O. The summed E-state index contributed by atoms with van der Waals surface area (Å²) in [6.45, 7) is 1.93. The number of H-pyrrole nitrogens is 1. The number of aromatic nitrogens is 1. The van der Waals surface area contributed by atoms with Crippen LogP contribution < -0.4 is 5.73 Å². The summed E-state index contributed by atoms with van der Waals surface area (Å²) < 4.78 is 0. The zero-order valence-corrected chi connectivity index (χ0v) is 8.12. The molecule has 0 aliphatic rings. The molecule has 0 bridgehead atoms. The van der Waals surface area contributed by atoms with Gasteiger partial charge in [-0.25, -0.2) is 0 Å². The number of phenols is 1. The summed E-state index contributed by atoms with van der Waals surface area (Å²) in [5, 5.41) is 10.8. The molecule has 0 aliphatic heterocycles. The molecule has 2 aromatic rings. The van der Waals surface area contributed by atoms with Gasteiger partial charge >= 0.3 is 0 Å². The highest BCUT2D eigenvalue weighted by Crippen LogP contribution is 2.28. The standard InChI is InChI=1S/C11H14N2O/c1-7(12)6-8-2-3-10-9(11(8)14)4-5-13-10/h2-5,7,13-14H,6,12H2,1H3/t7-/m0/s1. The van der Waals surface area contributed by atoms with Crippen LogP contribution in [0.5, 0.6) is 5.75 Å². The number of rotatable bonds is 2. The maximum atomic E-state index is 9.91. The lowest BCUT2D eigenvalue weighted by atomic mass is 10.0. The molecule has 1 heterocycles. The Morgan fingerprint density at radius 1 is 1.43 bits per heavy atom. The molecule has 1 aromatic carbocycles. The summed E-state index contributed by atoms with van der Waals surface area (Å²) in [5.41, 5.74) is 7.56. The predicted molar refractivity (Wildman–Crippen MR) is 57.3 cm³/mol. The van der Waals surface area contributed by atoms with Crippen molar-refractivity contribution in [3.8, 4) is 5.75 Å². The monoisotopic (exact) mass is 190 g/mol. The third kappa shape index (κ3) is 1.46. The van der Waals surface area contributed by atoms with Gasteiger partial charge in [0.25, 0.3) is 0 Å². The summed E-state index contributed by atoms with van der Waals surface area (Å²) >= 11 is 0. The zero-order chi connectivity index (χ0) is 10.1. The van der Waals surface area contributed by atoms with E-state index in [0.717, 1.165) is 16.5 Å². The molecular weight excluding hydrogens is 176 g/mol. The molecule has 3 heteroatoms. The van der Waals surface area contributed by atoms with Gasteiger partial charge in [-0.15, -0.1) is 0 Å². The minimum Gasteiger partial charge on any atom is -0.507 e. The van der Waals surface area contributed by atoms with Gasteiger partial charge in [0.05, 0.1) is 0 Å². The van der Waals surface area contributed by atoms with Crippen LogP contribution >= 0.6 is 0 Å². The molecule has 74 valence electrons. The summed E-state index contributed by atoms with van der Waals surface area (Å²) in [4.78, 5) is 3.05. The molecule has 1 atom stereocenters. The smallest absolute Gasteiger partial charge is 0.128 e. The largest absolute Gasteiger partial charge is 0.507 e. The van der Waals surface area contributed by atoms with Gasteiger partial charge < -0.3 is 15.8 Å². The second kappa shape index (κ2) is 3.35. The minimum atomic E-state index is 0.0669. The van der Waals surface area contributed by atoms with Gasteiger partial charge in [-0.3, -0.25) is 0 Å². The molecule has 0 fully saturated rings. The second-order valence-electron chi connectivity index (χ2n) is 3.69. The average Bonchev–Trinajstić information content (AvgIpc) is 2.57. The van der Waals surface area contributed by atoms with E-state index in [0.29, 0.717) is 12.2 Å². The van der Waals surface area contributed by atoms with Crippen LogP contribution in [0.2, 0.25) is 0 Å². The lowest BCUT2D eigenvalue weighted by molar-refractivity contribution is 0.472. The highest BCUT2D eigenvalue weighted by molar-refractivity contribution is 5.86. The second-order valence-corrected chi connectivity index (χ2v) is 3.69. The lowest BCUT2D eigenvalue weighted by Crippen LogP contribution is -2.17. The summed E-state index contributed by atoms with van der Waals surface area (Å²) in [6.07, 6.45) is 2.52. The van der Waals surface area contributed by atoms with Gasteiger partial charge in [0.15, 0.2) is 0 Å². The lowest BCUT2D eigenvalue weighted by Gasteiger charge is -2.07. The first-order valence-corrected chi connectivity index (χ1v) is 4.72. The summed E-state index contributed by atoms with van der Waals surface area (Å²) in [6, 6.07) is 5.82. The van der Waals surface area contributed by atoms with E-state index in [1.165, 1.54) is 0 Å². The Morgan fingerprint density at radius 3 is 2.93 bits per heavy atom. The van der Waals surface area contributed by atoms with E-state index in [2.05, 4.69) is 4.98 Å². The van der Waals surface area contributed by atoms with E-state index in [-0.39, 0.29) is 6.04 Å². The molecule has 4 N–H and O–H groups in total. The fraction of sp³-hybridized carbons (Fsp3) is 0.273. The van der Waals surface area contributed by atoms with Crippen LogP contribution in [0, 0.1) is 0 Å². The number of benzene rings is 1. The van der Waals surface area contributed by atoms with Gasteiger partial charge in [-0.1, -0.05) is 6.07 Å². The van der Waals surface area contributed by atoms with Crippen LogP contribution in [0.3, 0.4) is 0 Å². The Labute approximate surface area is 82.6 Å². The van der Waals surface area contributed by atoms with Crippen molar-refractivity contribution in [3.05, 3.63) is 30.0 Å². The van der Waals surface area contributed by atoms with Gasteiger partial charge in [0.2, 0.25) is 0 Å². The molecule has 0 aliphatic carbocycles. The fourth-order valence-corrected chi connectivity index (χ4v) is 1.67. The Kier molecular flexibility index (Phi) is 2.17. The van der Waals surface area contributed by atoms with E-state index < -0.39 is 0 Å². The minimum absolute atomic E-state index is 0.0669. The normalized spacial score (nSPS) is 13.3. The quantitative estimate of drug-likeness (QED) is 0.675. The Bertz CT molecular complexity index is 445. The van der Waals surface area contributed by atoms with Crippen molar-refractivity contribution in [1.82, 2.24) is 4.98 Å². The Hall–Kier alpha value is -1.48. The first kappa shape index (κ1) is 9.09. The van der Waals surface area contributed by atoms with Crippen molar-refractivity contribution in [2.24, 2.45) is 5.73 Å². The Morgan fingerprint density at radius 2 is 2.21 bits per heavy atom. The number of nitrogens with two attached hydrogens (primary N) is 1. The van der Waals surface area contributed by atoms with E-state index in [4.69, 9.17) is 5.73 Å². The summed E-state index contributed by atoms with van der Waals surface area (Å²) in [5.74, 6) is 0.348. The van der Waals surface area contributed by atoms with Crippen LogP contribution in [0.4, 0.5) is 0 Å². The molecule has 1 aromatic heterocycles. The zero-order valence-electron chi connectivity index (χ0n) is 8.12. The topological polar surface area (TPSA) is 62.0 Å². The molecule has 14 heavy (non-hydrogen) atoms. The molecule has 0 saturated heterocycles. The number of aromatic hydroxyl groups is 1. The molecule has 3 nitrogen and oxygen atoms in total. The third-order valence-electron chi connectivity index (χ3n) is 2.33. The van der Waals surface area contributed by atoms with Gasteiger partial charge in [-0.05, 0) is 31.0 Å². The van der Waals surface area contributed by atoms with Crippen LogP contribution in [-0.4, -0.2) is 16.1 Å². The highest BCUT2D eigenvalue weighted by atomic mass is 16.3. The molecule has 0 saturated carbocycles. The van der Waals surface area contributed by atoms with E-state index in [1.807, 2.05) is 31.3 Å². The SMILES string of the molecule is C[C@H](N)Cc1ccc2[nH]ccc2c1O. The molecule has 0 amide bonds. The predicted octanol–water partition coefficient (Wildman–Crippen LogP) is 1.76. The van der Waals surface area contributed by atoms with Crippen LogP contribution in [0.25, 0.3) is 10.9 Å². The average molecular weight is 190 g/mol. The number of aromatic amines is 1. The van der Waals surface area contributed by atoms with Crippen LogP contribution in [0.1, 0.15) is 12.5 Å². The maximum absolute atomic E-state index is 9.91. The van der Waals surface area contributed by atoms with Crippen molar-refractivity contribution in [1.29, 1.82) is 0 Å². The maximum Gasteiger partial charge on any atom is 0.128 e. The number of phenolic OH excluding ortho intramolecular Hbond substituents is 1. The summed E-state index contributed by atoms with van der Waals surface area (Å²) in [7, 11) is 0. The van der Waals surface area contributed by atoms with E-state index in [9.17, 15) is 5.11 Å². The molecule has 0 radical (unpaired) electrons. The number of nitrogens with one attached hydrogen (secondary N) is 1. The van der Waals surface area contributed by atoms with Crippen molar-refractivity contribution in [2.45, 2.75) is 19.4 Å². The number of hydrogen-bond acceptors (Lipinski definition) is 2. The molecule has 0 unspecified atom stereocenters. The van der Waals surface area contributed by atoms with E-state index >= 15 is 0 Å². The van der Waals surface area contributed by atoms with Crippen LogP contribution in [-0.2, 0) is 6.42 Å². The first-order chi connectivity index (χ1) is 6.68. The fourth-order valence-electron chi connectivity index (χ4n) is 1.67. The van der Waals surface area contributed by atoms with Gasteiger partial charge in [0.1, 0.15) is 5.75 Å². The van der Waals surface area contributed by atoms with E-state index in [1.54, 1.807) is 0 Å². The molecule has 0 spiro atoms. The first-order valence-electron chi connectivity index (χ1n) is 4.72. The van der Waals surface area contributed by atoms with Gasteiger partial charge in [0, 0.05) is 23.1 Å². The Balaban J connectivity index is 2.51. The number of fused-ring (bicyclic) bond motifs is 1.